The standard InChI is InChI=1S/C23H22FN3O/c24-20-6-1-5-19(14-20)18-8-10-21(11-9-18)26-23(28)22-7-3-13-27(22)16-17-4-2-12-25-15-17/h1-2,4-6,8-12,14-15,22H,3,7,13,16H2,(H,26,28)/t22-/m1/s1. The maximum Gasteiger partial charge on any atom is 0.241 e. The molecular weight excluding hydrogens is 353 g/mol. The summed E-state index contributed by atoms with van der Waals surface area (Å²) in [6.45, 7) is 1.63. The van der Waals surface area contributed by atoms with E-state index < -0.39 is 0 Å². The Bertz CT molecular complexity index is 944. The summed E-state index contributed by atoms with van der Waals surface area (Å²) in [5.41, 5.74) is 3.59. The Morgan fingerprint density at radius 3 is 2.71 bits per heavy atom. The second kappa shape index (κ2) is 8.31. The number of anilines is 1. The molecule has 0 saturated carbocycles. The molecule has 5 heteroatoms. The van der Waals surface area contributed by atoms with Crippen LogP contribution in [0.5, 0.6) is 0 Å². The highest BCUT2D eigenvalue weighted by atomic mass is 19.1. The largest absolute Gasteiger partial charge is 0.325 e. The molecule has 0 bridgehead atoms. The molecule has 0 spiro atoms. The molecule has 4 nitrogen and oxygen atoms in total. The zero-order valence-corrected chi connectivity index (χ0v) is 15.5. The van der Waals surface area contributed by atoms with E-state index in [1.165, 1.54) is 12.1 Å². The Kier molecular flexibility index (Phi) is 5.44. The van der Waals surface area contributed by atoms with Crippen LogP contribution in [0.15, 0.2) is 73.1 Å². The Balaban J connectivity index is 1.41. The zero-order valence-electron chi connectivity index (χ0n) is 15.5. The first kappa shape index (κ1) is 18.3. The van der Waals surface area contributed by atoms with Crippen molar-refractivity contribution in [3.63, 3.8) is 0 Å². The van der Waals surface area contributed by atoms with E-state index in [-0.39, 0.29) is 17.8 Å². The topological polar surface area (TPSA) is 45.2 Å². The van der Waals surface area contributed by atoms with Crippen LogP contribution in [0.4, 0.5) is 10.1 Å². The fourth-order valence-electron chi connectivity index (χ4n) is 3.68. The molecule has 28 heavy (non-hydrogen) atoms. The number of nitrogens with zero attached hydrogens (tertiary/aromatic N) is 2. The molecule has 1 aliphatic heterocycles. The predicted molar refractivity (Wildman–Crippen MR) is 108 cm³/mol. The highest BCUT2D eigenvalue weighted by Gasteiger charge is 2.30. The van der Waals surface area contributed by atoms with Gasteiger partial charge in [0.05, 0.1) is 6.04 Å². The molecule has 2 heterocycles. The lowest BCUT2D eigenvalue weighted by Crippen LogP contribution is -2.39. The quantitative estimate of drug-likeness (QED) is 0.715. The Morgan fingerprint density at radius 2 is 1.96 bits per heavy atom. The Morgan fingerprint density at radius 1 is 1.11 bits per heavy atom. The molecule has 2 aromatic carbocycles. The third-order valence-electron chi connectivity index (χ3n) is 5.09. The van der Waals surface area contributed by atoms with Gasteiger partial charge < -0.3 is 5.32 Å². The van der Waals surface area contributed by atoms with E-state index in [2.05, 4.69) is 15.2 Å². The summed E-state index contributed by atoms with van der Waals surface area (Å²) >= 11 is 0. The van der Waals surface area contributed by atoms with Gasteiger partial charge >= 0.3 is 0 Å². The van der Waals surface area contributed by atoms with E-state index in [1.54, 1.807) is 12.3 Å². The minimum atomic E-state index is -0.259. The molecule has 1 fully saturated rings. The van der Waals surface area contributed by atoms with E-state index in [0.29, 0.717) is 0 Å². The van der Waals surface area contributed by atoms with E-state index in [1.807, 2.05) is 48.7 Å². The molecule has 4 rings (SSSR count). The number of carbonyl (C=O) groups excluding carboxylic acids is 1. The van der Waals surface area contributed by atoms with Gasteiger partial charge in [-0.25, -0.2) is 4.39 Å². The summed E-state index contributed by atoms with van der Waals surface area (Å²) < 4.78 is 13.4. The van der Waals surface area contributed by atoms with Gasteiger partial charge in [-0.15, -0.1) is 0 Å². The highest BCUT2D eigenvalue weighted by Crippen LogP contribution is 2.24. The van der Waals surface area contributed by atoms with Gasteiger partial charge in [-0.1, -0.05) is 30.3 Å². The van der Waals surface area contributed by atoms with Crippen LogP contribution >= 0.6 is 0 Å². The van der Waals surface area contributed by atoms with Crippen LogP contribution in [0.1, 0.15) is 18.4 Å². The van der Waals surface area contributed by atoms with Gasteiger partial charge in [-0.3, -0.25) is 14.7 Å². The first-order valence-corrected chi connectivity index (χ1v) is 9.49. The lowest BCUT2D eigenvalue weighted by atomic mass is 10.1. The van der Waals surface area contributed by atoms with Gasteiger partial charge in [-0.2, -0.15) is 0 Å². The van der Waals surface area contributed by atoms with Crippen molar-refractivity contribution in [2.75, 3.05) is 11.9 Å². The fourth-order valence-corrected chi connectivity index (χ4v) is 3.68. The van der Waals surface area contributed by atoms with E-state index in [9.17, 15) is 9.18 Å². The van der Waals surface area contributed by atoms with Crippen molar-refractivity contribution in [3.8, 4) is 11.1 Å². The van der Waals surface area contributed by atoms with Crippen molar-refractivity contribution in [1.82, 2.24) is 9.88 Å². The second-order valence-electron chi connectivity index (χ2n) is 7.07. The third-order valence-corrected chi connectivity index (χ3v) is 5.09. The normalized spacial score (nSPS) is 16.8. The lowest BCUT2D eigenvalue weighted by Gasteiger charge is -2.23. The Hall–Kier alpha value is -3.05. The number of benzene rings is 2. The average Bonchev–Trinajstić information content (AvgIpc) is 3.17. The first-order valence-electron chi connectivity index (χ1n) is 9.49. The molecule has 1 atom stereocenters. The molecule has 0 radical (unpaired) electrons. The van der Waals surface area contributed by atoms with Gasteiger partial charge in [0.15, 0.2) is 0 Å². The molecule has 1 saturated heterocycles. The summed E-state index contributed by atoms with van der Waals surface area (Å²) in [4.78, 5) is 19.2. The van der Waals surface area contributed by atoms with Crippen molar-refractivity contribution in [3.05, 3.63) is 84.4 Å². The summed E-state index contributed by atoms with van der Waals surface area (Å²) in [5, 5.41) is 3.02. The minimum Gasteiger partial charge on any atom is -0.325 e. The second-order valence-corrected chi connectivity index (χ2v) is 7.07. The number of hydrogen-bond donors (Lipinski definition) is 1. The summed E-state index contributed by atoms with van der Waals surface area (Å²) in [7, 11) is 0. The van der Waals surface area contributed by atoms with Crippen molar-refractivity contribution in [1.29, 1.82) is 0 Å². The van der Waals surface area contributed by atoms with Crippen molar-refractivity contribution < 1.29 is 9.18 Å². The molecule has 1 N–H and O–H groups in total. The number of rotatable bonds is 5. The average molecular weight is 375 g/mol. The van der Waals surface area contributed by atoms with Crippen LogP contribution in [0, 0.1) is 5.82 Å². The molecule has 142 valence electrons. The zero-order chi connectivity index (χ0) is 19.3. The number of halogens is 1. The third kappa shape index (κ3) is 4.26. The smallest absolute Gasteiger partial charge is 0.241 e. The monoisotopic (exact) mass is 375 g/mol. The number of pyridine rings is 1. The highest BCUT2D eigenvalue weighted by molar-refractivity contribution is 5.95. The van der Waals surface area contributed by atoms with Crippen molar-refractivity contribution in [2.24, 2.45) is 0 Å². The lowest BCUT2D eigenvalue weighted by molar-refractivity contribution is -0.120. The van der Waals surface area contributed by atoms with Crippen molar-refractivity contribution >= 4 is 11.6 Å². The number of carbonyl (C=O) groups is 1. The van der Waals surface area contributed by atoms with Gasteiger partial charge in [0.1, 0.15) is 5.82 Å². The van der Waals surface area contributed by atoms with Crippen LogP contribution in [-0.4, -0.2) is 28.4 Å². The van der Waals surface area contributed by atoms with Gasteiger partial charge in [0, 0.05) is 24.6 Å². The Labute approximate surface area is 164 Å². The van der Waals surface area contributed by atoms with Crippen LogP contribution in [0.2, 0.25) is 0 Å². The summed E-state index contributed by atoms with van der Waals surface area (Å²) in [5.74, 6) is -0.246. The number of hydrogen-bond acceptors (Lipinski definition) is 3. The maximum atomic E-state index is 13.4. The van der Waals surface area contributed by atoms with Gasteiger partial charge in [0.2, 0.25) is 5.91 Å². The van der Waals surface area contributed by atoms with Gasteiger partial charge in [-0.05, 0) is 66.4 Å². The van der Waals surface area contributed by atoms with Gasteiger partial charge in [0.25, 0.3) is 0 Å². The van der Waals surface area contributed by atoms with E-state index in [4.69, 9.17) is 0 Å². The fraction of sp³-hybridized carbons (Fsp3) is 0.217. The molecule has 3 aromatic rings. The van der Waals surface area contributed by atoms with E-state index in [0.717, 1.165) is 48.3 Å². The molecule has 0 aliphatic carbocycles. The number of amides is 1. The molecule has 1 amide bonds. The van der Waals surface area contributed by atoms with Crippen LogP contribution < -0.4 is 5.32 Å². The number of aromatic nitrogens is 1. The van der Waals surface area contributed by atoms with Crippen molar-refractivity contribution in [2.45, 2.75) is 25.4 Å². The maximum absolute atomic E-state index is 13.4. The molecule has 1 aromatic heterocycles. The predicted octanol–water partition coefficient (Wildman–Crippen LogP) is 4.49. The summed E-state index contributed by atoms with van der Waals surface area (Å²) in [6.07, 6.45) is 5.47. The van der Waals surface area contributed by atoms with Crippen LogP contribution in [0.3, 0.4) is 0 Å². The van der Waals surface area contributed by atoms with Crippen LogP contribution in [0.25, 0.3) is 11.1 Å². The number of likely N-dealkylation sites (tertiary alicyclic amines) is 1. The molecular formula is C23H22FN3O. The van der Waals surface area contributed by atoms with Crippen LogP contribution in [-0.2, 0) is 11.3 Å². The first-order chi connectivity index (χ1) is 13.7. The van der Waals surface area contributed by atoms with E-state index >= 15 is 0 Å². The summed E-state index contributed by atoms with van der Waals surface area (Å²) in [6, 6.07) is 17.8. The minimum absolute atomic E-state index is 0.0138. The molecule has 1 aliphatic rings. The molecule has 0 unspecified atom stereocenters. The number of nitrogens with one attached hydrogen (secondary N) is 1. The SMILES string of the molecule is O=C(Nc1ccc(-c2cccc(F)c2)cc1)[C@H]1CCCN1Cc1cccnc1.